The predicted octanol–water partition coefficient (Wildman–Crippen LogP) is 4.30. The van der Waals surface area contributed by atoms with E-state index in [1.54, 1.807) is 17.5 Å². The highest BCUT2D eigenvalue weighted by Crippen LogP contribution is 2.28. The molecule has 6 nitrogen and oxygen atoms in total. The number of aromatic nitrogens is 3. The molecule has 1 N–H and O–H groups in total. The molecule has 0 atom stereocenters. The summed E-state index contributed by atoms with van der Waals surface area (Å²) < 4.78 is 0. The van der Waals surface area contributed by atoms with E-state index in [-0.39, 0.29) is 5.91 Å². The summed E-state index contributed by atoms with van der Waals surface area (Å²) in [5.74, 6) is 0.398. The van der Waals surface area contributed by atoms with Gasteiger partial charge in [-0.25, -0.2) is 4.98 Å². The van der Waals surface area contributed by atoms with Gasteiger partial charge in [-0.05, 0) is 61.2 Å². The summed E-state index contributed by atoms with van der Waals surface area (Å²) in [5, 5.41) is 15.1. The molecule has 0 bridgehead atoms. The van der Waals surface area contributed by atoms with Crippen LogP contribution in [0.3, 0.4) is 0 Å². The second kappa shape index (κ2) is 7.59. The van der Waals surface area contributed by atoms with Crippen molar-refractivity contribution in [3.63, 3.8) is 0 Å². The number of anilines is 1. The molecular formula is C23H21N5OS. The lowest BCUT2D eigenvalue weighted by molar-refractivity contribution is 0.102. The third-order valence-corrected chi connectivity index (χ3v) is 6.30. The molecule has 7 heteroatoms. The smallest absolute Gasteiger partial charge is 0.256 e. The first-order chi connectivity index (χ1) is 14.5. The van der Waals surface area contributed by atoms with Crippen LogP contribution in [0.2, 0.25) is 0 Å². The van der Waals surface area contributed by atoms with Gasteiger partial charge >= 0.3 is 0 Å². The van der Waals surface area contributed by atoms with Crippen LogP contribution in [0.5, 0.6) is 0 Å². The molecule has 0 aliphatic carbocycles. The molecule has 1 amide bonds. The number of hydrogen-bond donors (Lipinski definition) is 1. The van der Waals surface area contributed by atoms with Crippen LogP contribution in [0, 0.1) is 6.92 Å². The van der Waals surface area contributed by atoms with Crippen molar-refractivity contribution in [1.29, 1.82) is 0 Å². The first-order valence-electron chi connectivity index (χ1n) is 9.87. The van der Waals surface area contributed by atoms with Gasteiger partial charge in [-0.15, -0.1) is 10.2 Å². The van der Waals surface area contributed by atoms with Crippen molar-refractivity contribution in [3.05, 3.63) is 70.4 Å². The Balaban J connectivity index is 1.40. The maximum Gasteiger partial charge on any atom is 0.256 e. The lowest BCUT2D eigenvalue weighted by Crippen LogP contribution is -2.27. The molecule has 1 aliphatic rings. The van der Waals surface area contributed by atoms with E-state index in [0.717, 1.165) is 45.9 Å². The summed E-state index contributed by atoms with van der Waals surface area (Å²) in [6, 6.07) is 14.0. The Labute approximate surface area is 178 Å². The lowest BCUT2D eigenvalue weighted by atomic mass is 9.97. The van der Waals surface area contributed by atoms with Crippen LogP contribution in [0.1, 0.15) is 26.5 Å². The summed E-state index contributed by atoms with van der Waals surface area (Å²) in [6.45, 7) is 3.89. The maximum atomic E-state index is 12.8. The maximum absolute atomic E-state index is 12.8. The second-order valence-electron chi connectivity index (χ2n) is 7.68. The van der Waals surface area contributed by atoms with Gasteiger partial charge in [0.15, 0.2) is 0 Å². The van der Waals surface area contributed by atoms with Crippen molar-refractivity contribution in [2.24, 2.45) is 0 Å². The van der Waals surface area contributed by atoms with Gasteiger partial charge in [0.2, 0.25) is 0 Å². The molecule has 1 aliphatic heterocycles. The number of fused-ring (bicyclic) bond motifs is 2. The highest BCUT2D eigenvalue weighted by atomic mass is 32.1. The van der Waals surface area contributed by atoms with Crippen LogP contribution in [0.4, 0.5) is 5.82 Å². The average molecular weight is 416 g/mol. The van der Waals surface area contributed by atoms with Gasteiger partial charge in [0, 0.05) is 35.8 Å². The average Bonchev–Trinajstić information content (AvgIpc) is 3.19. The van der Waals surface area contributed by atoms with Gasteiger partial charge in [0.05, 0.1) is 0 Å². The molecule has 150 valence electrons. The number of nitrogens with zero attached hydrogens (tertiary/aromatic N) is 4. The van der Waals surface area contributed by atoms with Crippen molar-refractivity contribution in [2.75, 3.05) is 18.9 Å². The quantitative estimate of drug-likeness (QED) is 0.540. The standard InChI is InChI=1S/C23H21N5OS/c1-14-26-27-23(30-14)17-4-5-18-12-24-21(11-20(18)10-17)25-22(29)16-3-6-19-13-28(2)8-7-15(19)9-16/h3-6,9-12H,7-8,13H2,1-2H3,(H,24,25,29). The molecule has 5 rings (SSSR count). The van der Waals surface area contributed by atoms with E-state index in [1.165, 1.54) is 11.1 Å². The Kier molecular flexibility index (Phi) is 4.77. The number of rotatable bonds is 3. The van der Waals surface area contributed by atoms with E-state index in [9.17, 15) is 4.79 Å². The number of carbonyl (C=O) groups is 1. The molecule has 0 saturated heterocycles. The van der Waals surface area contributed by atoms with E-state index in [2.05, 4.69) is 44.6 Å². The molecule has 0 unspecified atom stereocenters. The Morgan fingerprint density at radius 2 is 1.97 bits per heavy atom. The zero-order valence-electron chi connectivity index (χ0n) is 16.8. The van der Waals surface area contributed by atoms with Crippen molar-refractivity contribution in [3.8, 4) is 10.6 Å². The third-order valence-electron chi connectivity index (χ3n) is 5.41. The number of nitrogens with one attached hydrogen (secondary N) is 1. The number of amides is 1. The third kappa shape index (κ3) is 3.69. The number of pyridine rings is 1. The van der Waals surface area contributed by atoms with Crippen LogP contribution < -0.4 is 5.32 Å². The zero-order chi connectivity index (χ0) is 20.7. The van der Waals surface area contributed by atoms with E-state index in [1.807, 2.05) is 37.3 Å². The zero-order valence-corrected chi connectivity index (χ0v) is 17.7. The second-order valence-corrected chi connectivity index (χ2v) is 8.86. The Morgan fingerprint density at radius 3 is 2.80 bits per heavy atom. The highest BCUT2D eigenvalue weighted by Gasteiger charge is 2.16. The van der Waals surface area contributed by atoms with Gasteiger partial charge in [-0.1, -0.05) is 29.5 Å². The van der Waals surface area contributed by atoms with Gasteiger partial charge in [0.1, 0.15) is 15.8 Å². The van der Waals surface area contributed by atoms with Gasteiger partial charge in [-0.2, -0.15) is 0 Å². The minimum atomic E-state index is -0.139. The van der Waals surface area contributed by atoms with Crippen molar-refractivity contribution in [2.45, 2.75) is 19.9 Å². The summed E-state index contributed by atoms with van der Waals surface area (Å²) in [5.41, 5.74) is 4.22. The van der Waals surface area contributed by atoms with Gasteiger partial charge < -0.3 is 10.2 Å². The molecule has 3 heterocycles. The number of hydrogen-bond acceptors (Lipinski definition) is 6. The fraction of sp³-hybridized carbons (Fsp3) is 0.217. The summed E-state index contributed by atoms with van der Waals surface area (Å²) >= 11 is 1.56. The van der Waals surface area contributed by atoms with Crippen LogP contribution in [-0.2, 0) is 13.0 Å². The Morgan fingerprint density at radius 1 is 1.07 bits per heavy atom. The van der Waals surface area contributed by atoms with Crippen molar-refractivity contribution in [1.82, 2.24) is 20.1 Å². The minimum absolute atomic E-state index is 0.139. The van der Waals surface area contributed by atoms with E-state index in [4.69, 9.17) is 0 Å². The molecule has 0 spiro atoms. The van der Waals surface area contributed by atoms with Crippen molar-refractivity contribution >= 4 is 33.8 Å². The first kappa shape index (κ1) is 18.8. The van der Waals surface area contributed by atoms with Crippen LogP contribution in [0.25, 0.3) is 21.3 Å². The Hall–Kier alpha value is -3.16. The molecule has 2 aromatic carbocycles. The molecule has 0 radical (unpaired) electrons. The molecule has 30 heavy (non-hydrogen) atoms. The molecule has 4 aromatic rings. The molecule has 2 aromatic heterocycles. The topological polar surface area (TPSA) is 71.0 Å². The highest BCUT2D eigenvalue weighted by molar-refractivity contribution is 7.14. The summed E-state index contributed by atoms with van der Waals surface area (Å²) in [4.78, 5) is 19.5. The predicted molar refractivity (Wildman–Crippen MR) is 120 cm³/mol. The van der Waals surface area contributed by atoms with Crippen molar-refractivity contribution < 1.29 is 4.79 Å². The number of aryl methyl sites for hydroxylation is 1. The number of likely N-dealkylation sites (N-methyl/N-ethyl adjacent to an activating group) is 1. The number of benzene rings is 2. The number of carbonyl (C=O) groups excluding carboxylic acids is 1. The monoisotopic (exact) mass is 415 g/mol. The van der Waals surface area contributed by atoms with E-state index < -0.39 is 0 Å². The summed E-state index contributed by atoms with van der Waals surface area (Å²) in [6.07, 6.45) is 2.75. The minimum Gasteiger partial charge on any atom is -0.307 e. The largest absolute Gasteiger partial charge is 0.307 e. The molecule has 0 fully saturated rings. The SMILES string of the molecule is Cc1nnc(-c2ccc3cnc(NC(=O)c4ccc5c(c4)CCN(C)C5)cc3c2)s1. The molecule has 0 saturated carbocycles. The fourth-order valence-electron chi connectivity index (χ4n) is 3.78. The van der Waals surface area contributed by atoms with E-state index >= 15 is 0 Å². The van der Waals surface area contributed by atoms with Gasteiger partial charge in [-0.3, -0.25) is 4.79 Å². The van der Waals surface area contributed by atoms with Crippen LogP contribution >= 0.6 is 11.3 Å². The molecular weight excluding hydrogens is 394 g/mol. The normalized spacial score (nSPS) is 13.9. The lowest BCUT2D eigenvalue weighted by Gasteiger charge is -2.25. The van der Waals surface area contributed by atoms with Gasteiger partial charge in [0.25, 0.3) is 5.91 Å². The Bertz CT molecular complexity index is 1270. The van der Waals surface area contributed by atoms with Crippen LogP contribution in [-0.4, -0.2) is 39.6 Å². The summed E-state index contributed by atoms with van der Waals surface area (Å²) in [7, 11) is 2.12. The fourth-order valence-corrected chi connectivity index (χ4v) is 4.47. The van der Waals surface area contributed by atoms with Crippen LogP contribution in [0.15, 0.2) is 48.7 Å². The first-order valence-corrected chi connectivity index (χ1v) is 10.7. The van der Waals surface area contributed by atoms with E-state index in [0.29, 0.717) is 11.4 Å².